The average Bonchev–Trinajstić information content (AvgIpc) is 3.64. The number of fused-ring (bicyclic) bond motifs is 1. The number of hydrogen-bond donors (Lipinski definition) is 1. The molecule has 2 aliphatic rings. The van der Waals surface area contributed by atoms with Gasteiger partial charge in [-0.2, -0.15) is 0 Å². The molecule has 3 heterocycles. The molecular weight excluding hydrogens is 562 g/mol. The maximum Gasteiger partial charge on any atom is 0.407 e. The van der Waals surface area contributed by atoms with Gasteiger partial charge in [0.25, 0.3) is 5.91 Å². The number of carbonyl (C=O) groups is 3. The van der Waals surface area contributed by atoms with Crippen LogP contribution >= 0.6 is 0 Å². The minimum atomic E-state index is -1.07. The minimum absolute atomic E-state index is 0.0134. The molecule has 2 fully saturated rings. The highest BCUT2D eigenvalue weighted by molar-refractivity contribution is 5.95. The molecular formula is C33H51N5O6. The number of carbonyl (C=O) groups excluding carboxylic acids is 2. The SMILES string of the molecule is COCCCCn1c(C(=O)N(CC(C)C)[C@H]2C[C@@H](C(=O)N3CCCC3)CN(C(=O)O)C2C(C)(C)C)nc2ccc(OC)cc21. The molecule has 1 unspecified atom stereocenters. The van der Waals surface area contributed by atoms with Crippen LogP contribution in [0.1, 0.15) is 77.3 Å². The molecule has 0 radical (unpaired) electrons. The number of rotatable bonds is 11. The molecule has 2 saturated heterocycles. The van der Waals surface area contributed by atoms with Crippen molar-refractivity contribution < 1.29 is 29.0 Å². The maximum atomic E-state index is 14.8. The summed E-state index contributed by atoms with van der Waals surface area (Å²) in [5, 5.41) is 10.5. The molecule has 0 aliphatic carbocycles. The van der Waals surface area contributed by atoms with E-state index in [0.29, 0.717) is 56.3 Å². The van der Waals surface area contributed by atoms with Crippen LogP contribution in [-0.2, 0) is 16.1 Å². The number of aryl methyl sites for hydroxylation is 1. The zero-order chi connectivity index (χ0) is 32.2. The molecule has 1 N–H and O–H groups in total. The summed E-state index contributed by atoms with van der Waals surface area (Å²) < 4.78 is 12.7. The maximum absolute atomic E-state index is 14.8. The molecule has 2 aromatic rings. The first-order valence-corrected chi connectivity index (χ1v) is 16.0. The van der Waals surface area contributed by atoms with Gasteiger partial charge in [-0.15, -0.1) is 0 Å². The van der Waals surface area contributed by atoms with Crippen molar-refractivity contribution >= 4 is 28.9 Å². The fourth-order valence-corrected chi connectivity index (χ4v) is 6.99. The number of piperidine rings is 1. The van der Waals surface area contributed by atoms with E-state index >= 15 is 0 Å². The predicted octanol–water partition coefficient (Wildman–Crippen LogP) is 4.98. The summed E-state index contributed by atoms with van der Waals surface area (Å²) >= 11 is 0. The predicted molar refractivity (Wildman–Crippen MR) is 169 cm³/mol. The zero-order valence-corrected chi connectivity index (χ0v) is 27.5. The normalized spacial score (nSPS) is 20.9. The molecule has 2 aliphatic heterocycles. The number of hydrogen-bond acceptors (Lipinski definition) is 6. The van der Waals surface area contributed by atoms with Gasteiger partial charge in [-0.3, -0.25) is 9.59 Å². The lowest BCUT2D eigenvalue weighted by Gasteiger charge is -2.52. The van der Waals surface area contributed by atoms with Crippen molar-refractivity contribution in [2.24, 2.45) is 17.3 Å². The molecule has 0 spiro atoms. The molecule has 0 saturated carbocycles. The number of imidazole rings is 1. The first-order chi connectivity index (χ1) is 20.9. The Bertz CT molecular complexity index is 1310. The van der Waals surface area contributed by atoms with Crippen molar-refractivity contribution in [1.82, 2.24) is 24.3 Å². The van der Waals surface area contributed by atoms with Crippen molar-refractivity contribution in [3.05, 3.63) is 24.0 Å². The van der Waals surface area contributed by atoms with Crippen LogP contribution in [0.3, 0.4) is 0 Å². The van der Waals surface area contributed by atoms with Gasteiger partial charge in [0, 0.05) is 52.5 Å². The number of methoxy groups -OCH3 is 2. The van der Waals surface area contributed by atoms with Crippen molar-refractivity contribution in [2.75, 3.05) is 47.0 Å². The van der Waals surface area contributed by atoms with E-state index in [-0.39, 0.29) is 24.3 Å². The van der Waals surface area contributed by atoms with Gasteiger partial charge in [0.2, 0.25) is 5.91 Å². The molecule has 3 atom stereocenters. The monoisotopic (exact) mass is 613 g/mol. The van der Waals surface area contributed by atoms with E-state index in [1.165, 1.54) is 4.90 Å². The van der Waals surface area contributed by atoms with Crippen molar-refractivity contribution in [3.8, 4) is 5.75 Å². The largest absolute Gasteiger partial charge is 0.497 e. The highest BCUT2D eigenvalue weighted by atomic mass is 16.5. The fraction of sp³-hybridized carbons (Fsp3) is 0.697. The second-order valence-corrected chi connectivity index (χ2v) is 13.8. The summed E-state index contributed by atoms with van der Waals surface area (Å²) in [6.07, 6.45) is 2.86. The molecule has 0 bridgehead atoms. The topological polar surface area (TPSA) is 117 Å². The van der Waals surface area contributed by atoms with Gasteiger partial charge in [0.1, 0.15) is 5.75 Å². The molecule has 1 aromatic heterocycles. The van der Waals surface area contributed by atoms with Gasteiger partial charge < -0.3 is 33.8 Å². The van der Waals surface area contributed by atoms with Crippen LogP contribution in [0.25, 0.3) is 11.0 Å². The van der Waals surface area contributed by atoms with Gasteiger partial charge in [0.15, 0.2) is 5.82 Å². The van der Waals surface area contributed by atoms with Crippen LogP contribution in [0.15, 0.2) is 18.2 Å². The molecule has 244 valence electrons. The Morgan fingerprint density at radius 3 is 2.41 bits per heavy atom. The van der Waals surface area contributed by atoms with Crippen molar-refractivity contribution in [2.45, 2.75) is 85.4 Å². The van der Waals surface area contributed by atoms with E-state index in [9.17, 15) is 19.5 Å². The highest BCUT2D eigenvalue weighted by Gasteiger charge is 2.50. The first-order valence-electron chi connectivity index (χ1n) is 16.0. The van der Waals surface area contributed by atoms with Crippen molar-refractivity contribution in [1.29, 1.82) is 0 Å². The lowest BCUT2D eigenvalue weighted by Crippen LogP contribution is -2.66. The van der Waals surface area contributed by atoms with Crippen LogP contribution in [-0.4, -0.2) is 106 Å². The molecule has 4 rings (SSSR count). The molecule has 3 amide bonds. The Hall–Kier alpha value is -3.34. The summed E-state index contributed by atoms with van der Waals surface area (Å²) in [6, 6.07) is 4.57. The fourth-order valence-electron chi connectivity index (χ4n) is 6.99. The second-order valence-electron chi connectivity index (χ2n) is 13.8. The number of unbranched alkanes of at least 4 members (excludes halogenated alkanes) is 1. The van der Waals surface area contributed by atoms with Crippen LogP contribution in [0.2, 0.25) is 0 Å². The Morgan fingerprint density at radius 2 is 1.82 bits per heavy atom. The van der Waals surface area contributed by atoms with Crippen molar-refractivity contribution in [3.63, 3.8) is 0 Å². The molecule has 11 nitrogen and oxygen atoms in total. The van der Waals surface area contributed by atoms with Crippen LogP contribution < -0.4 is 4.74 Å². The van der Waals surface area contributed by atoms with E-state index < -0.39 is 29.5 Å². The van der Waals surface area contributed by atoms with E-state index in [0.717, 1.165) is 31.2 Å². The number of aromatic nitrogens is 2. The Labute approximate surface area is 261 Å². The Kier molecular flexibility index (Phi) is 10.8. The lowest BCUT2D eigenvalue weighted by atomic mass is 9.74. The smallest absolute Gasteiger partial charge is 0.407 e. The number of nitrogens with zero attached hydrogens (tertiary/aromatic N) is 5. The summed E-state index contributed by atoms with van der Waals surface area (Å²) in [5.41, 5.74) is 1.00. The standard InChI is InChI=1S/C33H51N5O6/c1-22(2)20-37(31(40)29-34-25-13-12-24(44-7)19-26(25)36(29)16-10-11-17-43-6)27-18-23(30(39)35-14-8-9-15-35)21-38(32(41)42)28(27)33(3,4)5/h12-13,19,22-23,27-28H,8-11,14-18,20-21H2,1-7H3,(H,41,42)/t23-,27+,28?/m1/s1. The van der Waals surface area contributed by atoms with Gasteiger partial charge in [-0.25, -0.2) is 9.78 Å². The second kappa shape index (κ2) is 14.2. The summed E-state index contributed by atoms with van der Waals surface area (Å²) in [4.78, 5) is 51.3. The van der Waals surface area contributed by atoms with Gasteiger partial charge in [0.05, 0.1) is 36.1 Å². The first kappa shape index (κ1) is 33.6. The van der Waals surface area contributed by atoms with Crippen LogP contribution in [0, 0.1) is 17.3 Å². The number of amides is 3. The van der Waals surface area contributed by atoms with E-state index in [1.807, 2.05) is 53.3 Å². The molecule has 1 aromatic carbocycles. The van der Waals surface area contributed by atoms with E-state index in [4.69, 9.17) is 14.5 Å². The summed E-state index contributed by atoms with van der Waals surface area (Å²) in [5.74, 6) is 0.308. The number of benzene rings is 1. The number of ether oxygens (including phenoxy) is 2. The van der Waals surface area contributed by atoms with Gasteiger partial charge in [-0.1, -0.05) is 34.6 Å². The minimum Gasteiger partial charge on any atom is -0.497 e. The van der Waals surface area contributed by atoms with E-state index in [1.54, 1.807) is 14.2 Å². The highest BCUT2D eigenvalue weighted by Crippen LogP contribution is 2.39. The summed E-state index contributed by atoms with van der Waals surface area (Å²) in [6.45, 7) is 13.2. The molecule has 11 heteroatoms. The third-order valence-electron chi connectivity index (χ3n) is 8.89. The number of likely N-dealkylation sites (tertiary alicyclic amines) is 2. The van der Waals surface area contributed by atoms with E-state index in [2.05, 4.69) is 13.8 Å². The zero-order valence-electron chi connectivity index (χ0n) is 27.5. The Morgan fingerprint density at radius 1 is 1.11 bits per heavy atom. The number of carboxylic acid groups (broad SMARTS) is 1. The third kappa shape index (κ3) is 7.30. The van der Waals surface area contributed by atoms with Crippen LogP contribution in [0.4, 0.5) is 4.79 Å². The average molecular weight is 614 g/mol. The summed E-state index contributed by atoms with van der Waals surface area (Å²) in [7, 11) is 3.29. The van der Waals surface area contributed by atoms with Crippen LogP contribution in [0.5, 0.6) is 5.75 Å². The molecule has 44 heavy (non-hydrogen) atoms. The Balaban J connectivity index is 1.81. The lowest BCUT2D eigenvalue weighted by molar-refractivity contribution is -0.139. The quantitative estimate of drug-likeness (QED) is 0.356. The third-order valence-corrected chi connectivity index (χ3v) is 8.89. The van der Waals surface area contributed by atoms with Gasteiger partial charge in [-0.05, 0) is 55.6 Å². The van der Waals surface area contributed by atoms with Gasteiger partial charge >= 0.3 is 6.09 Å².